The van der Waals surface area contributed by atoms with Crippen molar-refractivity contribution in [3.63, 3.8) is 0 Å². The van der Waals surface area contributed by atoms with E-state index in [0.29, 0.717) is 0 Å². The summed E-state index contributed by atoms with van der Waals surface area (Å²) in [4.78, 5) is 0. The fraction of sp³-hybridized carbons (Fsp3) is 0.600. The molecule has 0 nitrogen and oxygen atoms in total. The van der Waals surface area contributed by atoms with Gasteiger partial charge in [-0.1, -0.05) is 37.4 Å². The van der Waals surface area contributed by atoms with E-state index in [2.05, 4.69) is 24.9 Å². The zero-order valence-corrected chi connectivity index (χ0v) is 8.31. The fourth-order valence-electron chi connectivity index (χ4n) is 2.03. The zero-order valence-electron chi connectivity index (χ0n) is 7.31. The second kappa shape index (κ2) is 3.91. The molecule has 0 bridgehead atoms. The van der Waals surface area contributed by atoms with Crippen molar-refractivity contribution in [1.82, 2.24) is 0 Å². The molecule has 0 aromatic rings. The summed E-state index contributed by atoms with van der Waals surface area (Å²) < 4.78 is 0. The summed E-state index contributed by atoms with van der Waals surface area (Å²) >= 11 is 0. The van der Waals surface area contributed by atoms with E-state index in [1.807, 2.05) is 0 Å². The Balaban J connectivity index is 2.56. The Bertz CT molecular complexity index is 143. The van der Waals surface area contributed by atoms with Gasteiger partial charge in [-0.2, -0.15) is 0 Å². The molecule has 0 radical (unpaired) electrons. The average Bonchev–Trinajstić information content (AvgIpc) is 2.07. The molecule has 1 aliphatic rings. The van der Waals surface area contributed by atoms with E-state index in [1.165, 1.54) is 37.4 Å². The lowest BCUT2D eigenvalue weighted by atomic mass is 10.3. The van der Waals surface area contributed by atoms with Gasteiger partial charge in [0.15, 0.2) is 0 Å². The average molecular weight is 166 g/mol. The van der Waals surface area contributed by atoms with E-state index < -0.39 is 8.07 Å². The first kappa shape index (κ1) is 8.79. The van der Waals surface area contributed by atoms with Crippen molar-refractivity contribution < 1.29 is 0 Å². The Morgan fingerprint density at radius 3 is 2.18 bits per heavy atom. The molecule has 11 heavy (non-hydrogen) atoms. The monoisotopic (exact) mass is 166 g/mol. The van der Waals surface area contributed by atoms with Crippen LogP contribution in [0.15, 0.2) is 24.9 Å². The molecule has 1 saturated heterocycles. The molecule has 1 heteroatoms. The van der Waals surface area contributed by atoms with Gasteiger partial charge in [0.2, 0.25) is 0 Å². The summed E-state index contributed by atoms with van der Waals surface area (Å²) in [7, 11) is -1.01. The van der Waals surface area contributed by atoms with Crippen LogP contribution in [0.1, 0.15) is 19.3 Å². The molecule has 0 aliphatic carbocycles. The van der Waals surface area contributed by atoms with Crippen LogP contribution in [0.2, 0.25) is 18.1 Å². The van der Waals surface area contributed by atoms with Gasteiger partial charge in [-0.05, 0) is 6.04 Å². The predicted octanol–water partition coefficient (Wildman–Crippen LogP) is 3.53. The molecule has 62 valence electrons. The molecule has 0 amide bonds. The molecule has 1 aliphatic heterocycles. The Labute approximate surface area is 71.0 Å². The van der Waals surface area contributed by atoms with Crippen LogP contribution in [0, 0.1) is 0 Å². The molecule has 0 unspecified atom stereocenters. The second-order valence-electron chi connectivity index (χ2n) is 3.62. The lowest BCUT2D eigenvalue weighted by molar-refractivity contribution is 0.713. The third-order valence-electron chi connectivity index (χ3n) is 2.83. The first-order valence-electron chi connectivity index (χ1n) is 4.57. The van der Waals surface area contributed by atoms with Crippen molar-refractivity contribution in [1.29, 1.82) is 0 Å². The number of allylic oxidation sites excluding steroid dienone is 1. The lowest BCUT2D eigenvalue weighted by Crippen LogP contribution is -2.33. The number of hydrogen-bond donors (Lipinski definition) is 0. The van der Waals surface area contributed by atoms with Crippen LogP contribution in [0.25, 0.3) is 0 Å². The van der Waals surface area contributed by atoms with Gasteiger partial charge in [-0.15, -0.1) is 18.9 Å². The van der Waals surface area contributed by atoms with Crippen LogP contribution in [0.3, 0.4) is 0 Å². The summed E-state index contributed by atoms with van der Waals surface area (Å²) in [6, 6.07) is 4.18. The Hall–Kier alpha value is -0.303. The molecule has 0 N–H and O–H groups in total. The van der Waals surface area contributed by atoms with Crippen LogP contribution in [0.5, 0.6) is 0 Å². The second-order valence-corrected chi connectivity index (χ2v) is 8.16. The maximum atomic E-state index is 3.99. The van der Waals surface area contributed by atoms with E-state index >= 15 is 0 Å². The van der Waals surface area contributed by atoms with Crippen molar-refractivity contribution in [2.24, 2.45) is 0 Å². The van der Waals surface area contributed by atoms with Gasteiger partial charge in [0, 0.05) is 0 Å². The van der Waals surface area contributed by atoms with Gasteiger partial charge in [0.05, 0.1) is 8.07 Å². The maximum Gasteiger partial charge on any atom is 0.0807 e. The largest absolute Gasteiger partial charge is 0.107 e. The first-order valence-corrected chi connectivity index (χ1v) is 7.27. The van der Waals surface area contributed by atoms with Gasteiger partial charge in [0.25, 0.3) is 0 Å². The van der Waals surface area contributed by atoms with Gasteiger partial charge < -0.3 is 0 Å². The van der Waals surface area contributed by atoms with E-state index in [0.717, 1.165) is 0 Å². The molecule has 0 atom stereocenters. The minimum Gasteiger partial charge on any atom is -0.107 e. The summed E-state index contributed by atoms with van der Waals surface area (Å²) in [6.07, 6.45) is 6.41. The van der Waals surface area contributed by atoms with Crippen molar-refractivity contribution in [3.8, 4) is 0 Å². The molecule has 0 aromatic carbocycles. The van der Waals surface area contributed by atoms with E-state index in [1.54, 1.807) is 0 Å². The topological polar surface area (TPSA) is 0 Å². The van der Waals surface area contributed by atoms with Crippen LogP contribution < -0.4 is 0 Å². The zero-order chi connectivity index (χ0) is 8.16. The molecule has 0 spiro atoms. The van der Waals surface area contributed by atoms with Crippen LogP contribution in [-0.4, -0.2) is 8.07 Å². The Morgan fingerprint density at radius 1 is 1.09 bits per heavy atom. The normalized spacial score (nSPS) is 22.5. The third kappa shape index (κ3) is 2.06. The molecule has 0 saturated carbocycles. The smallest absolute Gasteiger partial charge is 0.0807 e. The minimum absolute atomic E-state index is 1.01. The molecular weight excluding hydrogens is 148 g/mol. The van der Waals surface area contributed by atoms with E-state index in [9.17, 15) is 0 Å². The molecule has 1 rings (SSSR count). The Morgan fingerprint density at radius 2 is 1.73 bits per heavy atom. The third-order valence-corrected chi connectivity index (χ3v) is 7.50. The molecule has 1 fully saturated rings. The highest BCUT2D eigenvalue weighted by molar-refractivity contribution is 6.84. The van der Waals surface area contributed by atoms with Crippen molar-refractivity contribution >= 4 is 8.07 Å². The summed E-state index contributed by atoms with van der Waals surface area (Å²) in [6.45, 7) is 7.82. The van der Waals surface area contributed by atoms with Gasteiger partial charge in [-0.3, -0.25) is 0 Å². The highest BCUT2D eigenvalue weighted by Crippen LogP contribution is 2.32. The quantitative estimate of drug-likeness (QED) is 0.444. The standard InChI is InChI=1S/C10H18Si/c1-3-8-11(4-2)9-6-5-7-10-11/h3-4H,1-2,5-10H2. The highest BCUT2D eigenvalue weighted by atomic mass is 28.3. The molecule has 0 aromatic heterocycles. The number of hydrogen-bond acceptors (Lipinski definition) is 0. The highest BCUT2D eigenvalue weighted by Gasteiger charge is 2.29. The van der Waals surface area contributed by atoms with Crippen molar-refractivity contribution in [2.45, 2.75) is 37.4 Å². The number of rotatable bonds is 3. The first-order chi connectivity index (χ1) is 5.33. The maximum absolute atomic E-state index is 3.99. The molecular formula is C10H18Si. The fourth-order valence-corrected chi connectivity index (χ4v) is 5.75. The van der Waals surface area contributed by atoms with E-state index in [4.69, 9.17) is 0 Å². The van der Waals surface area contributed by atoms with Gasteiger partial charge in [0.1, 0.15) is 0 Å². The van der Waals surface area contributed by atoms with Crippen molar-refractivity contribution in [3.05, 3.63) is 24.9 Å². The van der Waals surface area contributed by atoms with Crippen LogP contribution in [0.4, 0.5) is 0 Å². The van der Waals surface area contributed by atoms with Gasteiger partial charge in [-0.25, -0.2) is 0 Å². The summed E-state index contributed by atoms with van der Waals surface area (Å²) in [5.41, 5.74) is 2.29. The van der Waals surface area contributed by atoms with Crippen LogP contribution in [-0.2, 0) is 0 Å². The Kier molecular flexibility index (Phi) is 3.12. The molecule has 1 heterocycles. The van der Waals surface area contributed by atoms with Gasteiger partial charge >= 0.3 is 0 Å². The predicted molar refractivity (Wildman–Crippen MR) is 54.4 cm³/mol. The SMILES string of the molecule is C=CC[Si]1(C=C)CCCCC1. The van der Waals surface area contributed by atoms with Crippen molar-refractivity contribution in [2.75, 3.05) is 0 Å². The summed E-state index contributed by atoms with van der Waals surface area (Å²) in [5.74, 6) is 0. The minimum atomic E-state index is -1.01. The summed E-state index contributed by atoms with van der Waals surface area (Å²) in [5, 5.41) is 0. The lowest BCUT2D eigenvalue weighted by Gasteiger charge is -2.31. The van der Waals surface area contributed by atoms with Crippen LogP contribution >= 0.6 is 0 Å². The van der Waals surface area contributed by atoms with E-state index in [-0.39, 0.29) is 0 Å².